The molecule has 0 N–H and O–H groups in total. The summed E-state index contributed by atoms with van der Waals surface area (Å²) >= 11 is 0. The van der Waals surface area contributed by atoms with Crippen LogP contribution in [0.15, 0.2) is 100 Å². The van der Waals surface area contributed by atoms with Gasteiger partial charge >= 0.3 is 23.0 Å². The second-order valence-corrected chi connectivity index (χ2v) is 8.99. The Bertz CT molecular complexity index is 1630. The summed E-state index contributed by atoms with van der Waals surface area (Å²) in [6.07, 6.45) is 4.73. The number of benzene rings is 2. The number of esters is 1. The normalized spacial score (nSPS) is 11.6. The highest BCUT2D eigenvalue weighted by atomic mass is 16.5. The van der Waals surface area contributed by atoms with Crippen LogP contribution in [-0.2, 0) is 31.0 Å². The first-order valence-electron chi connectivity index (χ1n) is 12.8. The number of carbonyl (C=O) groups excluding carboxylic acids is 1. The summed E-state index contributed by atoms with van der Waals surface area (Å²) in [5, 5.41) is 7.85. The molecule has 0 saturated carbocycles. The zero-order valence-electron chi connectivity index (χ0n) is 22.2. The predicted molar refractivity (Wildman–Crippen MR) is 150 cm³/mol. The molecule has 0 aliphatic carbocycles. The van der Waals surface area contributed by atoms with Gasteiger partial charge < -0.3 is 4.74 Å². The molecule has 0 aliphatic heterocycles. The van der Waals surface area contributed by atoms with Crippen molar-refractivity contribution in [3.8, 4) is 17.0 Å². The van der Waals surface area contributed by atoms with Crippen molar-refractivity contribution in [2.45, 2.75) is 45.4 Å². The van der Waals surface area contributed by atoms with E-state index in [1.807, 2.05) is 61.5 Å². The Balaban J connectivity index is 1.46. The van der Waals surface area contributed by atoms with Gasteiger partial charge in [0.2, 0.25) is 0 Å². The summed E-state index contributed by atoms with van der Waals surface area (Å²) < 4.78 is 9.63. The second kappa shape index (κ2) is 12.7. The maximum Gasteiger partial charge on any atom is 0.336 e. The van der Waals surface area contributed by atoms with Crippen LogP contribution in [0.4, 0.5) is 0 Å². The largest absolute Gasteiger partial charge is 0.404 e. The summed E-state index contributed by atoms with van der Waals surface area (Å²) in [5.41, 5.74) is 0.705. The predicted octanol–water partition coefficient (Wildman–Crippen LogP) is 2.60. The molecule has 0 radical (unpaired) electrons. The van der Waals surface area contributed by atoms with Crippen LogP contribution < -0.4 is 21.8 Å². The van der Waals surface area contributed by atoms with Crippen LogP contribution >= 0.6 is 0 Å². The smallest absolute Gasteiger partial charge is 0.336 e. The van der Waals surface area contributed by atoms with E-state index in [9.17, 15) is 19.2 Å². The van der Waals surface area contributed by atoms with Gasteiger partial charge in [-0.25, -0.2) is 32.8 Å². The van der Waals surface area contributed by atoms with E-state index in [1.54, 1.807) is 0 Å². The summed E-state index contributed by atoms with van der Waals surface area (Å²) in [7, 11) is 0. The maximum atomic E-state index is 13.0. The Morgan fingerprint density at radius 2 is 1.43 bits per heavy atom. The van der Waals surface area contributed by atoms with Gasteiger partial charge in [-0.3, -0.25) is 4.79 Å². The SMILES string of the molecule is C=CCn1c(=O)n(CC=C)c(=O)n(CCn2cc(OC(=O)C(CC)c3ccc(-c4ccccc4)cc3)nn2)c1=O. The van der Waals surface area contributed by atoms with Crippen molar-refractivity contribution < 1.29 is 9.53 Å². The molecule has 2 aromatic carbocycles. The molecule has 0 bridgehead atoms. The lowest BCUT2D eigenvalue weighted by atomic mass is 9.94. The van der Waals surface area contributed by atoms with Crippen LogP contribution in [0.5, 0.6) is 5.88 Å². The lowest BCUT2D eigenvalue weighted by Crippen LogP contribution is -2.54. The van der Waals surface area contributed by atoms with Gasteiger partial charge in [0, 0.05) is 0 Å². The Kier molecular flexibility index (Phi) is 8.85. The number of hydrogen-bond donors (Lipinski definition) is 0. The highest BCUT2D eigenvalue weighted by molar-refractivity contribution is 5.80. The Morgan fingerprint density at radius 1 is 0.850 bits per heavy atom. The van der Waals surface area contributed by atoms with Gasteiger partial charge in [0.15, 0.2) is 0 Å². The van der Waals surface area contributed by atoms with Crippen molar-refractivity contribution in [3.63, 3.8) is 0 Å². The zero-order chi connectivity index (χ0) is 28.6. The zero-order valence-corrected chi connectivity index (χ0v) is 22.2. The minimum atomic E-state index is -0.758. The topological polar surface area (TPSA) is 123 Å². The van der Waals surface area contributed by atoms with Crippen LogP contribution in [0.3, 0.4) is 0 Å². The minimum absolute atomic E-state index is 0.00241. The summed E-state index contributed by atoms with van der Waals surface area (Å²) in [6.45, 7) is 8.90. The molecule has 0 saturated heterocycles. The number of nitrogens with zero attached hydrogens (tertiary/aromatic N) is 6. The number of ether oxygens (including phenoxy) is 1. The number of aromatic nitrogens is 6. The Morgan fingerprint density at radius 3 is 2.00 bits per heavy atom. The minimum Gasteiger partial charge on any atom is -0.404 e. The highest BCUT2D eigenvalue weighted by Gasteiger charge is 2.22. The van der Waals surface area contributed by atoms with E-state index in [4.69, 9.17) is 4.74 Å². The van der Waals surface area contributed by atoms with E-state index in [2.05, 4.69) is 23.5 Å². The van der Waals surface area contributed by atoms with Crippen LogP contribution in [0, 0.1) is 0 Å². The summed E-state index contributed by atoms with van der Waals surface area (Å²) in [5.74, 6) is -0.970. The van der Waals surface area contributed by atoms with E-state index in [0.717, 1.165) is 30.4 Å². The molecule has 0 aliphatic rings. The summed E-state index contributed by atoms with van der Waals surface area (Å²) in [6, 6.07) is 17.7. The molecular formula is C29H30N6O5. The molecule has 4 rings (SSSR count). The number of aryl methyl sites for hydroxylation is 1. The van der Waals surface area contributed by atoms with Crippen LogP contribution in [0.25, 0.3) is 11.1 Å². The molecule has 206 valence electrons. The fourth-order valence-electron chi connectivity index (χ4n) is 4.33. The molecule has 1 unspecified atom stereocenters. The number of hydrogen-bond acceptors (Lipinski definition) is 7. The molecule has 11 heteroatoms. The monoisotopic (exact) mass is 542 g/mol. The summed E-state index contributed by atoms with van der Waals surface area (Å²) in [4.78, 5) is 51.1. The quantitative estimate of drug-likeness (QED) is 0.199. The van der Waals surface area contributed by atoms with Crippen LogP contribution in [-0.4, -0.2) is 34.7 Å². The Hall–Kier alpha value is -5.06. The van der Waals surface area contributed by atoms with Gasteiger partial charge in [0.25, 0.3) is 5.88 Å². The molecule has 40 heavy (non-hydrogen) atoms. The molecule has 0 amide bonds. The standard InChI is InChI=1S/C29H30N6O5/c1-4-16-33-27(37)34(17-5-2)29(39)35(28(33)38)19-18-32-20-25(30-31-32)40-26(36)24(6-3)23-14-12-22(13-15-23)21-10-8-7-9-11-21/h4-5,7-15,20,24H,1-2,6,16-19H2,3H3. The van der Waals surface area contributed by atoms with Gasteiger partial charge in [-0.1, -0.05) is 84.0 Å². The van der Waals surface area contributed by atoms with E-state index in [0.29, 0.717) is 6.42 Å². The van der Waals surface area contributed by atoms with Crippen molar-refractivity contribution >= 4 is 5.97 Å². The Labute approximate surface area is 229 Å². The average Bonchev–Trinajstić information content (AvgIpc) is 3.41. The van der Waals surface area contributed by atoms with E-state index >= 15 is 0 Å². The fourth-order valence-corrected chi connectivity index (χ4v) is 4.33. The van der Waals surface area contributed by atoms with Crippen molar-refractivity contribution in [2.75, 3.05) is 0 Å². The first-order valence-corrected chi connectivity index (χ1v) is 12.8. The fraction of sp³-hybridized carbons (Fsp3) is 0.241. The van der Waals surface area contributed by atoms with Gasteiger partial charge in [-0.05, 0) is 23.1 Å². The lowest BCUT2D eigenvalue weighted by Gasteiger charge is -2.14. The lowest BCUT2D eigenvalue weighted by molar-refractivity contribution is -0.136. The van der Waals surface area contributed by atoms with Gasteiger partial charge in [-0.2, -0.15) is 0 Å². The van der Waals surface area contributed by atoms with Crippen LogP contribution in [0.1, 0.15) is 24.8 Å². The van der Waals surface area contributed by atoms with Crippen LogP contribution in [0.2, 0.25) is 0 Å². The van der Waals surface area contributed by atoms with Crippen molar-refractivity contribution in [1.82, 2.24) is 28.7 Å². The molecule has 0 spiro atoms. The molecule has 2 aromatic heterocycles. The van der Waals surface area contributed by atoms with Gasteiger partial charge in [0.1, 0.15) is 0 Å². The first-order chi connectivity index (χ1) is 19.4. The molecule has 4 aromatic rings. The third-order valence-electron chi connectivity index (χ3n) is 6.40. The van der Waals surface area contributed by atoms with Crippen molar-refractivity contribution in [2.24, 2.45) is 0 Å². The van der Waals surface area contributed by atoms with Gasteiger partial charge in [0.05, 0.1) is 38.3 Å². The average molecular weight is 543 g/mol. The second-order valence-electron chi connectivity index (χ2n) is 8.99. The van der Waals surface area contributed by atoms with Crippen molar-refractivity contribution in [3.05, 3.63) is 123 Å². The molecule has 2 heterocycles. The maximum absolute atomic E-state index is 13.0. The van der Waals surface area contributed by atoms with E-state index in [1.165, 1.54) is 23.0 Å². The third kappa shape index (κ3) is 5.98. The van der Waals surface area contributed by atoms with Gasteiger partial charge in [-0.15, -0.1) is 13.2 Å². The first kappa shape index (κ1) is 28.0. The van der Waals surface area contributed by atoms with E-state index < -0.39 is 29.0 Å². The highest BCUT2D eigenvalue weighted by Crippen LogP contribution is 2.26. The third-order valence-corrected chi connectivity index (χ3v) is 6.40. The number of carbonyl (C=O) groups is 1. The van der Waals surface area contributed by atoms with E-state index in [-0.39, 0.29) is 32.1 Å². The molecule has 11 nitrogen and oxygen atoms in total. The number of rotatable bonds is 12. The molecule has 1 atom stereocenters. The van der Waals surface area contributed by atoms with Crippen molar-refractivity contribution in [1.29, 1.82) is 0 Å². The number of allylic oxidation sites excluding steroid dienone is 2. The molecular weight excluding hydrogens is 512 g/mol. The molecule has 0 fully saturated rings.